The first-order valence-corrected chi connectivity index (χ1v) is 8.39. The molecule has 1 saturated heterocycles. The highest BCUT2D eigenvalue weighted by molar-refractivity contribution is 5.82. The Morgan fingerprint density at radius 2 is 1.80 bits per heavy atom. The average Bonchev–Trinajstić information content (AvgIpc) is 3.36. The lowest BCUT2D eigenvalue weighted by Gasteiger charge is -2.36. The molecule has 25 heavy (non-hydrogen) atoms. The molecule has 1 heterocycles. The van der Waals surface area contributed by atoms with Gasteiger partial charge in [0.25, 0.3) is 11.6 Å². The summed E-state index contributed by atoms with van der Waals surface area (Å²) in [6.07, 6.45) is 0.848. The third-order valence-electron chi connectivity index (χ3n) is 4.81. The molecule has 1 saturated carbocycles. The maximum Gasteiger partial charge on any atom is 0.309 e. The fraction of sp³-hybridized carbons (Fsp3) is 0.529. The number of rotatable bonds is 5. The van der Waals surface area contributed by atoms with Gasteiger partial charge in [-0.2, -0.15) is 0 Å². The highest BCUT2D eigenvalue weighted by atomic mass is 16.6. The molecule has 1 aliphatic carbocycles. The van der Waals surface area contributed by atoms with Crippen molar-refractivity contribution in [2.45, 2.75) is 13.3 Å². The van der Waals surface area contributed by atoms with Crippen LogP contribution in [0.1, 0.15) is 13.3 Å². The van der Waals surface area contributed by atoms with E-state index in [1.807, 2.05) is 6.92 Å². The Labute approximate surface area is 145 Å². The number of esters is 1. The SMILES string of the molecule is C[C@@H]1C[C@H]1C(=O)OCC(=O)N1CCN(c2ccc([N+](=O)[O-])cc2)CC1. The highest BCUT2D eigenvalue weighted by Gasteiger charge is 2.40. The highest BCUT2D eigenvalue weighted by Crippen LogP contribution is 2.38. The summed E-state index contributed by atoms with van der Waals surface area (Å²) < 4.78 is 5.09. The zero-order valence-electron chi connectivity index (χ0n) is 14.1. The fourth-order valence-corrected chi connectivity index (χ4v) is 2.98. The number of carbonyl (C=O) groups excluding carboxylic acids is 2. The van der Waals surface area contributed by atoms with E-state index in [0.717, 1.165) is 12.1 Å². The van der Waals surface area contributed by atoms with Crippen molar-refractivity contribution in [3.63, 3.8) is 0 Å². The molecule has 2 fully saturated rings. The third kappa shape index (κ3) is 4.07. The van der Waals surface area contributed by atoms with Gasteiger partial charge in [0.2, 0.25) is 0 Å². The molecular formula is C17H21N3O5. The molecule has 2 aliphatic rings. The molecule has 2 atom stereocenters. The molecule has 0 spiro atoms. The van der Waals surface area contributed by atoms with Crippen LogP contribution in [0.2, 0.25) is 0 Å². The first-order valence-electron chi connectivity index (χ1n) is 8.39. The second kappa shape index (κ2) is 7.08. The van der Waals surface area contributed by atoms with E-state index in [1.54, 1.807) is 17.0 Å². The first kappa shape index (κ1) is 17.2. The summed E-state index contributed by atoms with van der Waals surface area (Å²) in [5.41, 5.74) is 0.955. The lowest BCUT2D eigenvalue weighted by atomic mass is 10.2. The normalized spacial score (nSPS) is 22.4. The van der Waals surface area contributed by atoms with E-state index < -0.39 is 4.92 Å². The van der Waals surface area contributed by atoms with Crippen LogP contribution in [0.15, 0.2) is 24.3 Å². The number of hydrogen-bond donors (Lipinski definition) is 0. The molecule has 0 aromatic heterocycles. The van der Waals surface area contributed by atoms with Gasteiger partial charge in [0.1, 0.15) is 0 Å². The van der Waals surface area contributed by atoms with Gasteiger partial charge in [-0.25, -0.2) is 0 Å². The smallest absolute Gasteiger partial charge is 0.309 e. The van der Waals surface area contributed by atoms with Gasteiger partial charge in [-0.1, -0.05) is 6.92 Å². The van der Waals surface area contributed by atoms with Crippen LogP contribution < -0.4 is 4.90 Å². The number of anilines is 1. The predicted molar refractivity (Wildman–Crippen MR) is 90.1 cm³/mol. The van der Waals surface area contributed by atoms with Crippen LogP contribution in [0.5, 0.6) is 0 Å². The number of carbonyl (C=O) groups is 2. The lowest BCUT2D eigenvalue weighted by molar-refractivity contribution is -0.384. The minimum atomic E-state index is -0.427. The number of ether oxygens (including phenoxy) is 1. The molecular weight excluding hydrogens is 326 g/mol. The van der Waals surface area contributed by atoms with Gasteiger partial charge in [0, 0.05) is 44.0 Å². The van der Waals surface area contributed by atoms with Gasteiger partial charge >= 0.3 is 5.97 Å². The molecule has 0 bridgehead atoms. The van der Waals surface area contributed by atoms with E-state index >= 15 is 0 Å². The van der Waals surface area contributed by atoms with E-state index in [1.165, 1.54) is 12.1 Å². The van der Waals surface area contributed by atoms with Crippen molar-refractivity contribution in [1.82, 2.24) is 4.90 Å². The first-order chi connectivity index (χ1) is 12.0. The van der Waals surface area contributed by atoms with Crippen molar-refractivity contribution in [2.75, 3.05) is 37.7 Å². The Bertz CT molecular complexity index is 667. The van der Waals surface area contributed by atoms with Gasteiger partial charge < -0.3 is 14.5 Å². The van der Waals surface area contributed by atoms with Crippen LogP contribution in [0.3, 0.4) is 0 Å². The van der Waals surface area contributed by atoms with Crippen LogP contribution >= 0.6 is 0 Å². The third-order valence-corrected chi connectivity index (χ3v) is 4.81. The van der Waals surface area contributed by atoms with Crippen LogP contribution in [0.4, 0.5) is 11.4 Å². The molecule has 0 N–H and O–H groups in total. The summed E-state index contributed by atoms with van der Waals surface area (Å²) in [4.78, 5) is 37.8. The van der Waals surface area contributed by atoms with Crippen LogP contribution in [-0.4, -0.2) is 54.5 Å². The molecule has 1 aliphatic heterocycles. The van der Waals surface area contributed by atoms with Crippen LogP contribution in [-0.2, 0) is 14.3 Å². The maximum absolute atomic E-state index is 12.1. The van der Waals surface area contributed by atoms with E-state index in [9.17, 15) is 19.7 Å². The summed E-state index contributed by atoms with van der Waals surface area (Å²) in [7, 11) is 0. The minimum absolute atomic E-state index is 0.0354. The van der Waals surface area contributed by atoms with Gasteiger partial charge in [-0.3, -0.25) is 19.7 Å². The predicted octanol–water partition coefficient (Wildman–Crippen LogP) is 1.44. The van der Waals surface area contributed by atoms with Gasteiger partial charge in [-0.05, 0) is 24.5 Å². The minimum Gasteiger partial charge on any atom is -0.455 e. The topological polar surface area (TPSA) is 93.0 Å². The van der Waals surface area contributed by atoms with Gasteiger partial charge in [0.15, 0.2) is 6.61 Å². The second-order valence-corrected chi connectivity index (χ2v) is 6.57. The van der Waals surface area contributed by atoms with Crippen molar-refractivity contribution in [3.8, 4) is 0 Å². The molecule has 0 unspecified atom stereocenters. The van der Waals surface area contributed by atoms with E-state index in [0.29, 0.717) is 32.1 Å². The molecule has 1 aromatic carbocycles. The summed E-state index contributed by atoms with van der Waals surface area (Å²) in [5.74, 6) is -0.116. The second-order valence-electron chi connectivity index (χ2n) is 6.57. The van der Waals surface area contributed by atoms with E-state index in [2.05, 4.69) is 4.90 Å². The number of non-ortho nitro benzene ring substituents is 1. The number of piperazine rings is 1. The van der Waals surface area contributed by atoms with Crippen molar-refractivity contribution in [1.29, 1.82) is 0 Å². The zero-order valence-corrected chi connectivity index (χ0v) is 14.1. The lowest BCUT2D eigenvalue weighted by Crippen LogP contribution is -2.50. The average molecular weight is 347 g/mol. The van der Waals surface area contributed by atoms with Crippen LogP contribution in [0.25, 0.3) is 0 Å². The number of hydrogen-bond acceptors (Lipinski definition) is 6. The fourth-order valence-electron chi connectivity index (χ4n) is 2.98. The van der Waals surface area contributed by atoms with Crippen molar-refractivity contribution < 1.29 is 19.2 Å². The van der Waals surface area contributed by atoms with Crippen molar-refractivity contribution in [3.05, 3.63) is 34.4 Å². The number of nitro benzene ring substituents is 1. The summed E-state index contributed by atoms with van der Waals surface area (Å²) in [6, 6.07) is 6.39. The molecule has 8 nitrogen and oxygen atoms in total. The zero-order chi connectivity index (χ0) is 18.0. The Hall–Kier alpha value is -2.64. The Morgan fingerprint density at radius 1 is 1.20 bits per heavy atom. The van der Waals surface area contributed by atoms with E-state index in [4.69, 9.17) is 4.74 Å². The quantitative estimate of drug-likeness (QED) is 0.455. The molecule has 1 aromatic rings. The largest absolute Gasteiger partial charge is 0.455 e. The number of amides is 1. The monoisotopic (exact) mass is 347 g/mol. The molecule has 0 radical (unpaired) electrons. The standard InChI is InChI=1S/C17H21N3O5/c1-12-10-15(12)17(22)25-11-16(21)19-8-6-18(7-9-19)13-2-4-14(5-3-13)20(23)24/h2-5,12,15H,6-11H2,1H3/t12-,15-/m1/s1. The molecule has 134 valence electrons. The molecule has 8 heteroatoms. The Kier molecular flexibility index (Phi) is 4.87. The van der Waals surface area contributed by atoms with Crippen molar-refractivity contribution >= 4 is 23.3 Å². The van der Waals surface area contributed by atoms with E-state index in [-0.39, 0.29) is 30.1 Å². The molecule has 3 rings (SSSR count). The number of nitro groups is 1. The number of nitrogens with zero attached hydrogens (tertiary/aromatic N) is 3. The number of benzene rings is 1. The van der Waals surface area contributed by atoms with Gasteiger partial charge in [-0.15, -0.1) is 0 Å². The Morgan fingerprint density at radius 3 is 2.32 bits per heavy atom. The maximum atomic E-state index is 12.1. The van der Waals surface area contributed by atoms with Crippen molar-refractivity contribution in [2.24, 2.45) is 11.8 Å². The van der Waals surface area contributed by atoms with Gasteiger partial charge in [0.05, 0.1) is 10.8 Å². The summed E-state index contributed by atoms with van der Waals surface area (Å²) >= 11 is 0. The summed E-state index contributed by atoms with van der Waals surface area (Å²) in [6.45, 7) is 4.14. The molecule has 1 amide bonds. The summed E-state index contributed by atoms with van der Waals surface area (Å²) in [5, 5.41) is 10.7. The van der Waals surface area contributed by atoms with Crippen LogP contribution in [0, 0.1) is 22.0 Å². The Balaban J connectivity index is 1.45.